The van der Waals surface area contributed by atoms with Crippen LogP contribution in [0, 0.1) is 17.8 Å². The van der Waals surface area contributed by atoms with Crippen molar-refractivity contribution < 1.29 is 80.2 Å². The van der Waals surface area contributed by atoms with Gasteiger partial charge in [0.05, 0.1) is 26.4 Å². The Kier molecular flexibility index (Phi) is 67.1. The average molecular weight is 1420 g/mol. The Morgan fingerprint density at radius 3 is 0.784 bits per heavy atom. The van der Waals surface area contributed by atoms with Gasteiger partial charge in [0.2, 0.25) is 0 Å². The first-order valence-corrected chi connectivity index (χ1v) is 43.4. The van der Waals surface area contributed by atoms with Crippen LogP contribution in [0.15, 0.2) is 0 Å². The van der Waals surface area contributed by atoms with Crippen molar-refractivity contribution in [2.75, 3.05) is 39.6 Å². The fourth-order valence-corrected chi connectivity index (χ4v) is 13.5. The van der Waals surface area contributed by atoms with Gasteiger partial charge in [0.1, 0.15) is 19.3 Å². The second-order valence-corrected chi connectivity index (χ2v) is 32.2. The van der Waals surface area contributed by atoms with Crippen molar-refractivity contribution in [3.63, 3.8) is 0 Å². The lowest BCUT2D eigenvalue weighted by Crippen LogP contribution is -2.30. The molecule has 0 radical (unpaired) electrons. The van der Waals surface area contributed by atoms with E-state index in [-0.39, 0.29) is 25.7 Å². The van der Waals surface area contributed by atoms with Crippen LogP contribution in [0.25, 0.3) is 0 Å². The molecule has 97 heavy (non-hydrogen) atoms. The molecule has 0 rings (SSSR count). The normalized spacial score (nSPS) is 14.3. The summed E-state index contributed by atoms with van der Waals surface area (Å²) in [7, 11) is -9.91. The summed E-state index contributed by atoms with van der Waals surface area (Å²) in [6.45, 7) is 11.9. The minimum Gasteiger partial charge on any atom is -0.462 e. The molecule has 6 atom stereocenters. The molecule has 0 aliphatic rings. The number of aliphatic hydroxyl groups is 1. The third kappa shape index (κ3) is 70.9. The van der Waals surface area contributed by atoms with Crippen LogP contribution >= 0.6 is 15.6 Å². The van der Waals surface area contributed by atoms with E-state index < -0.39 is 97.5 Å². The quantitative estimate of drug-likeness (QED) is 0.0222. The second kappa shape index (κ2) is 68.5. The summed E-state index contributed by atoms with van der Waals surface area (Å²) in [4.78, 5) is 72.9. The maximum atomic E-state index is 13.1. The van der Waals surface area contributed by atoms with Crippen molar-refractivity contribution in [2.45, 2.75) is 420 Å². The standard InChI is InChI=1S/C78H152O17P2/c1-8-10-11-12-13-14-15-16-22-28-33-38-47-54-61-78(83)95-74(66-89-76(81)60-53-46-41-40-43-50-57-70(5)6)68-93-97(86,87)91-64-72(79)63-90-96(84,85)92-67-73(65-88-75(80)59-52-45-37-32-27-24-19-20-25-30-35-42-49-56-69(3)4)94-77(82)62-55-48-39-34-29-23-18-17-21-26-31-36-44-51-58-71(7)9-2/h69-74,79H,8-68H2,1-7H3,(H,84,85)(H,86,87)/t71?,72-,73-,74-/m1/s1. The summed E-state index contributed by atoms with van der Waals surface area (Å²) in [5.74, 6) is 0.201. The van der Waals surface area contributed by atoms with Crippen molar-refractivity contribution in [1.29, 1.82) is 0 Å². The summed E-state index contributed by atoms with van der Waals surface area (Å²) in [5, 5.41) is 10.6. The zero-order valence-electron chi connectivity index (χ0n) is 63.5. The molecule has 0 saturated carbocycles. The molecule has 0 aromatic rings. The number of phosphoric ester groups is 2. The van der Waals surface area contributed by atoms with Crippen molar-refractivity contribution in [3.05, 3.63) is 0 Å². The van der Waals surface area contributed by atoms with Gasteiger partial charge in [-0.25, -0.2) is 9.13 Å². The fourth-order valence-electron chi connectivity index (χ4n) is 11.9. The number of rotatable bonds is 76. The molecule has 17 nitrogen and oxygen atoms in total. The summed E-state index contributed by atoms with van der Waals surface area (Å²) < 4.78 is 68.6. The molecule has 0 heterocycles. The molecule has 0 bridgehead atoms. The number of phosphoric acid groups is 2. The van der Waals surface area contributed by atoms with Crippen LogP contribution in [-0.2, 0) is 65.4 Å². The van der Waals surface area contributed by atoms with E-state index in [9.17, 15) is 43.2 Å². The SMILES string of the molecule is CCCCCCCCCCCCCCCCC(=O)O[C@H](COC(=O)CCCCCCCCC(C)C)COP(=O)(O)OC[C@H](O)COP(=O)(O)OC[C@@H](COC(=O)CCCCCCCCCCCCCCCC(C)C)OC(=O)CCCCCCCCCCCCCCCCC(C)CC. The number of hydrogen-bond donors (Lipinski definition) is 3. The van der Waals surface area contributed by atoms with E-state index in [1.54, 1.807) is 0 Å². The Morgan fingerprint density at radius 2 is 0.526 bits per heavy atom. The largest absolute Gasteiger partial charge is 0.472 e. The van der Waals surface area contributed by atoms with Crippen molar-refractivity contribution >= 4 is 39.5 Å². The lowest BCUT2D eigenvalue weighted by molar-refractivity contribution is -0.161. The van der Waals surface area contributed by atoms with Crippen LogP contribution in [0.2, 0.25) is 0 Å². The molecule has 19 heteroatoms. The van der Waals surface area contributed by atoms with E-state index in [0.29, 0.717) is 31.6 Å². The first-order valence-electron chi connectivity index (χ1n) is 40.4. The van der Waals surface area contributed by atoms with Gasteiger partial charge in [-0.2, -0.15) is 0 Å². The lowest BCUT2D eigenvalue weighted by Gasteiger charge is -2.21. The first-order chi connectivity index (χ1) is 46.8. The van der Waals surface area contributed by atoms with Crippen LogP contribution in [0.3, 0.4) is 0 Å². The van der Waals surface area contributed by atoms with Crippen LogP contribution in [0.1, 0.15) is 402 Å². The number of ether oxygens (including phenoxy) is 4. The topological polar surface area (TPSA) is 237 Å². The van der Waals surface area contributed by atoms with E-state index in [0.717, 1.165) is 108 Å². The van der Waals surface area contributed by atoms with Crippen molar-refractivity contribution in [3.8, 4) is 0 Å². The molecule has 576 valence electrons. The van der Waals surface area contributed by atoms with E-state index in [2.05, 4.69) is 48.5 Å². The van der Waals surface area contributed by atoms with Gasteiger partial charge in [-0.3, -0.25) is 37.3 Å². The average Bonchev–Trinajstić information content (AvgIpc) is 1.06. The van der Waals surface area contributed by atoms with Gasteiger partial charge in [-0.1, -0.05) is 350 Å². The second-order valence-electron chi connectivity index (χ2n) is 29.3. The summed E-state index contributed by atoms with van der Waals surface area (Å²) in [6.07, 6.45) is 55.5. The molecule has 0 aliphatic heterocycles. The van der Waals surface area contributed by atoms with Gasteiger partial charge in [-0.05, 0) is 43.4 Å². The minimum atomic E-state index is -4.96. The number of esters is 4. The molecule has 0 spiro atoms. The third-order valence-electron chi connectivity index (χ3n) is 18.5. The molecular formula is C78H152O17P2. The highest BCUT2D eigenvalue weighted by molar-refractivity contribution is 7.47. The highest BCUT2D eigenvalue weighted by atomic mass is 31.2. The zero-order valence-corrected chi connectivity index (χ0v) is 65.3. The van der Waals surface area contributed by atoms with Crippen LogP contribution in [-0.4, -0.2) is 96.7 Å². The number of unbranched alkanes of at least 4 members (excludes halogenated alkanes) is 43. The van der Waals surface area contributed by atoms with E-state index in [1.807, 2.05) is 0 Å². The molecule has 0 aromatic carbocycles. The molecule has 3 unspecified atom stereocenters. The maximum Gasteiger partial charge on any atom is 0.472 e. The Labute approximate surface area is 594 Å². The van der Waals surface area contributed by atoms with Gasteiger partial charge in [-0.15, -0.1) is 0 Å². The Hall–Kier alpha value is -1.94. The van der Waals surface area contributed by atoms with Crippen molar-refractivity contribution in [1.82, 2.24) is 0 Å². The molecule has 0 fully saturated rings. The molecule has 0 saturated heterocycles. The number of carbonyl (C=O) groups is 4. The predicted molar refractivity (Wildman–Crippen MR) is 395 cm³/mol. The van der Waals surface area contributed by atoms with E-state index in [4.69, 9.17) is 37.0 Å². The van der Waals surface area contributed by atoms with E-state index in [1.165, 1.54) is 205 Å². The van der Waals surface area contributed by atoms with Crippen molar-refractivity contribution in [2.24, 2.45) is 17.8 Å². The molecular weight excluding hydrogens is 1270 g/mol. The Bertz CT molecular complexity index is 1890. The Balaban J connectivity index is 5.24. The minimum absolute atomic E-state index is 0.107. The van der Waals surface area contributed by atoms with Crippen LogP contribution < -0.4 is 0 Å². The number of aliphatic hydroxyl groups excluding tert-OH is 1. The maximum absolute atomic E-state index is 13.1. The van der Waals surface area contributed by atoms with Gasteiger partial charge in [0, 0.05) is 25.7 Å². The van der Waals surface area contributed by atoms with Gasteiger partial charge in [0.25, 0.3) is 0 Å². The van der Waals surface area contributed by atoms with E-state index >= 15 is 0 Å². The highest BCUT2D eigenvalue weighted by Gasteiger charge is 2.30. The number of carbonyl (C=O) groups excluding carboxylic acids is 4. The number of hydrogen-bond acceptors (Lipinski definition) is 15. The molecule has 0 aromatic heterocycles. The predicted octanol–water partition coefficient (Wildman–Crippen LogP) is 23.0. The van der Waals surface area contributed by atoms with Gasteiger partial charge in [0.15, 0.2) is 12.2 Å². The Morgan fingerprint density at radius 1 is 0.299 bits per heavy atom. The highest BCUT2D eigenvalue weighted by Crippen LogP contribution is 2.45. The summed E-state index contributed by atoms with van der Waals surface area (Å²) >= 11 is 0. The summed E-state index contributed by atoms with van der Waals surface area (Å²) in [6, 6.07) is 0. The van der Waals surface area contributed by atoms with Crippen LogP contribution in [0.5, 0.6) is 0 Å². The fraction of sp³-hybridized carbons (Fsp3) is 0.949. The van der Waals surface area contributed by atoms with Gasteiger partial charge >= 0.3 is 39.5 Å². The lowest BCUT2D eigenvalue weighted by atomic mass is 9.99. The summed E-state index contributed by atoms with van der Waals surface area (Å²) in [5.41, 5.74) is 0. The zero-order chi connectivity index (χ0) is 71.6. The van der Waals surface area contributed by atoms with Gasteiger partial charge < -0.3 is 33.8 Å². The molecule has 0 amide bonds. The smallest absolute Gasteiger partial charge is 0.462 e. The van der Waals surface area contributed by atoms with Crippen LogP contribution in [0.4, 0.5) is 0 Å². The monoisotopic (exact) mass is 1420 g/mol. The molecule has 3 N–H and O–H groups in total. The first kappa shape index (κ1) is 95.1. The molecule has 0 aliphatic carbocycles. The third-order valence-corrected chi connectivity index (χ3v) is 20.4.